The first-order chi connectivity index (χ1) is 23.6. The number of hydrogen-bond acceptors (Lipinski definition) is 10. The summed E-state index contributed by atoms with van der Waals surface area (Å²) in [5.41, 5.74) is 4.10. The van der Waals surface area contributed by atoms with Gasteiger partial charge in [0.1, 0.15) is 42.7 Å². The third-order valence-corrected chi connectivity index (χ3v) is 8.31. The van der Waals surface area contributed by atoms with Crippen LogP contribution in [0.3, 0.4) is 0 Å². The normalized spacial score (nSPS) is 19.0. The summed E-state index contributed by atoms with van der Waals surface area (Å²) >= 11 is 0. The zero-order chi connectivity index (χ0) is 32.9. The molecule has 1 amide bonds. The molecule has 0 spiro atoms. The highest BCUT2D eigenvalue weighted by molar-refractivity contribution is 5.88. The van der Waals surface area contributed by atoms with Gasteiger partial charge in [-0.2, -0.15) is 0 Å². The molecule has 1 saturated heterocycles. The van der Waals surface area contributed by atoms with Gasteiger partial charge in [-0.1, -0.05) is 60.7 Å². The Labute approximate surface area is 275 Å². The van der Waals surface area contributed by atoms with Crippen molar-refractivity contribution >= 4 is 33.8 Å². The number of anilines is 1. The highest BCUT2D eigenvalue weighted by atomic mass is 16.5. The number of nitrogens with zero attached hydrogens (tertiary/aromatic N) is 4. The lowest BCUT2D eigenvalue weighted by molar-refractivity contribution is -0.125. The number of rotatable bonds is 13. The average Bonchev–Trinajstić information content (AvgIpc) is 3.83. The number of fused-ring (bicyclic) bond motifs is 2. The summed E-state index contributed by atoms with van der Waals surface area (Å²) in [4.78, 5) is 29.6. The first-order valence-electron chi connectivity index (χ1n) is 15.7. The molecule has 0 radical (unpaired) electrons. The van der Waals surface area contributed by atoms with Crippen LogP contribution < -0.4 is 20.1 Å². The van der Waals surface area contributed by atoms with Crippen molar-refractivity contribution in [1.82, 2.24) is 29.8 Å². The minimum absolute atomic E-state index is 0.261. The zero-order valence-corrected chi connectivity index (χ0v) is 25.9. The van der Waals surface area contributed by atoms with Gasteiger partial charge in [-0.25, -0.2) is 15.0 Å². The number of amides is 1. The molecule has 7 rings (SSSR count). The van der Waals surface area contributed by atoms with Crippen molar-refractivity contribution in [1.29, 1.82) is 0 Å². The largest absolute Gasteiger partial charge is 0.487 e. The summed E-state index contributed by atoms with van der Waals surface area (Å²) in [5.74, 6) is 1.41. The number of aromatic amines is 1. The van der Waals surface area contributed by atoms with Crippen LogP contribution in [0, 0.1) is 0 Å². The van der Waals surface area contributed by atoms with Gasteiger partial charge in [0, 0.05) is 18.1 Å². The highest BCUT2D eigenvalue weighted by Gasteiger charge is 2.46. The monoisotopic (exact) mass is 649 g/mol. The fourth-order valence-electron chi connectivity index (χ4n) is 5.91. The van der Waals surface area contributed by atoms with E-state index in [0.717, 1.165) is 27.8 Å². The Hall–Kier alpha value is -5.50. The van der Waals surface area contributed by atoms with Gasteiger partial charge in [0.15, 0.2) is 29.8 Å². The lowest BCUT2D eigenvalue weighted by atomic mass is 10.1. The molecule has 1 fully saturated rings. The number of nitrogens with one attached hydrogen (secondary N) is 3. The van der Waals surface area contributed by atoms with Crippen molar-refractivity contribution in [2.45, 2.75) is 37.5 Å². The van der Waals surface area contributed by atoms with E-state index in [9.17, 15) is 15.0 Å². The molecular formula is C35H35N7O6. The van der Waals surface area contributed by atoms with E-state index in [2.05, 4.69) is 36.6 Å². The van der Waals surface area contributed by atoms with Crippen LogP contribution in [0.15, 0.2) is 97.7 Å². The SMILES string of the molecule is O=C(COc1ccccc1)N[C@@H]1[C@H](O)[C@@H](CO)O[C@H]1n1cnc2c(NCCc3c[nH]c4c(OCc5ccccc5)cccc34)ncnc21. The van der Waals surface area contributed by atoms with E-state index < -0.39 is 37.0 Å². The first-order valence-corrected chi connectivity index (χ1v) is 15.7. The van der Waals surface area contributed by atoms with Crippen LogP contribution >= 0.6 is 0 Å². The predicted octanol–water partition coefficient (Wildman–Crippen LogP) is 3.36. The van der Waals surface area contributed by atoms with Crippen LogP contribution in [0.2, 0.25) is 0 Å². The quantitative estimate of drug-likeness (QED) is 0.125. The number of benzene rings is 3. The van der Waals surface area contributed by atoms with Gasteiger partial charge in [0.25, 0.3) is 5.91 Å². The third kappa shape index (κ3) is 6.51. The number of ether oxygens (including phenoxy) is 3. The van der Waals surface area contributed by atoms with Crippen molar-refractivity contribution in [3.05, 3.63) is 109 Å². The molecule has 0 bridgehead atoms. The van der Waals surface area contributed by atoms with E-state index in [4.69, 9.17) is 14.2 Å². The molecule has 6 aromatic rings. The Kier molecular flexibility index (Phi) is 9.14. The predicted molar refractivity (Wildman–Crippen MR) is 177 cm³/mol. The topological polar surface area (TPSA) is 169 Å². The van der Waals surface area contributed by atoms with Gasteiger partial charge >= 0.3 is 0 Å². The molecule has 0 unspecified atom stereocenters. The molecule has 1 aliphatic heterocycles. The summed E-state index contributed by atoms with van der Waals surface area (Å²) in [6, 6.07) is 24.1. The standard InChI is InChI=1S/C35H35N7O6/c43-17-27-32(45)30(41-28(44)19-46-24-10-5-2-6-11-24)35(48-27)42-21-40-31-33(38-20-39-34(31)42)36-15-14-23-16-37-29-25(23)12-7-13-26(29)47-18-22-8-3-1-4-9-22/h1-13,16,20-21,27,30,32,35,37,43,45H,14-15,17-19H2,(H,41,44)(H,36,38,39)/t27-,30-,32-,35-/m1/s1. The fraction of sp³-hybridized carbons (Fsp3) is 0.257. The molecule has 13 nitrogen and oxygen atoms in total. The molecule has 4 heterocycles. The number of carbonyl (C=O) groups is 1. The third-order valence-electron chi connectivity index (χ3n) is 8.31. The van der Waals surface area contributed by atoms with Crippen molar-refractivity contribution in [2.24, 2.45) is 0 Å². The molecule has 246 valence electrons. The smallest absolute Gasteiger partial charge is 0.258 e. The molecule has 1 aliphatic rings. The second kappa shape index (κ2) is 14.1. The Morgan fingerprint density at radius 3 is 2.60 bits per heavy atom. The van der Waals surface area contributed by atoms with Crippen LogP contribution in [0.1, 0.15) is 17.4 Å². The zero-order valence-electron chi connectivity index (χ0n) is 25.9. The minimum Gasteiger partial charge on any atom is -0.487 e. The summed E-state index contributed by atoms with van der Waals surface area (Å²) < 4.78 is 19.3. The molecule has 48 heavy (non-hydrogen) atoms. The van der Waals surface area contributed by atoms with Crippen molar-refractivity contribution < 1.29 is 29.2 Å². The number of para-hydroxylation sites is 2. The van der Waals surface area contributed by atoms with E-state index in [1.807, 2.05) is 54.7 Å². The van der Waals surface area contributed by atoms with E-state index in [1.54, 1.807) is 28.8 Å². The van der Waals surface area contributed by atoms with E-state index in [1.165, 1.54) is 12.7 Å². The Bertz CT molecular complexity index is 1980. The Morgan fingerprint density at radius 1 is 0.979 bits per heavy atom. The number of aromatic nitrogens is 5. The number of aliphatic hydroxyl groups is 2. The molecule has 3 aromatic carbocycles. The second-order valence-corrected chi connectivity index (χ2v) is 11.4. The fourth-order valence-corrected chi connectivity index (χ4v) is 5.91. The lowest BCUT2D eigenvalue weighted by Crippen LogP contribution is -2.48. The highest BCUT2D eigenvalue weighted by Crippen LogP contribution is 2.33. The van der Waals surface area contributed by atoms with Gasteiger partial charge in [-0.05, 0) is 35.7 Å². The van der Waals surface area contributed by atoms with Crippen LogP contribution in [-0.2, 0) is 22.6 Å². The maximum absolute atomic E-state index is 12.8. The lowest BCUT2D eigenvalue weighted by Gasteiger charge is -2.23. The van der Waals surface area contributed by atoms with Crippen molar-refractivity contribution in [3.63, 3.8) is 0 Å². The van der Waals surface area contributed by atoms with Gasteiger partial charge in [-0.15, -0.1) is 0 Å². The molecule has 0 saturated carbocycles. The summed E-state index contributed by atoms with van der Waals surface area (Å²) in [6.07, 6.45) is 2.63. The number of imidazole rings is 1. The summed E-state index contributed by atoms with van der Waals surface area (Å²) in [7, 11) is 0. The molecule has 0 aliphatic carbocycles. The first kappa shape index (κ1) is 31.1. The Balaban J connectivity index is 1.03. The van der Waals surface area contributed by atoms with Gasteiger partial charge in [0.05, 0.1) is 18.5 Å². The summed E-state index contributed by atoms with van der Waals surface area (Å²) in [5, 5.41) is 28.0. The minimum atomic E-state index is -1.18. The van der Waals surface area contributed by atoms with Gasteiger partial charge in [-0.3, -0.25) is 9.36 Å². The molecule has 13 heteroatoms. The maximum Gasteiger partial charge on any atom is 0.258 e. The molecule has 4 atom stereocenters. The van der Waals surface area contributed by atoms with E-state index >= 15 is 0 Å². The summed E-state index contributed by atoms with van der Waals surface area (Å²) in [6.45, 7) is 0.344. The van der Waals surface area contributed by atoms with Gasteiger partial charge < -0.3 is 40.0 Å². The number of hydrogen-bond donors (Lipinski definition) is 5. The molecular weight excluding hydrogens is 614 g/mol. The molecule has 5 N–H and O–H groups in total. The average molecular weight is 650 g/mol. The van der Waals surface area contributed by atoms with E-state index in [-0.39, 0.29) is 6.61 Å². The number of aliphatic hydroxyl groups excluding tert-OH is 2. The second-order valence-electron chi connectivity index (χ2n) is 11.4. The van der Waals surface area contributed by atoms with Gasteiger partial charge in [0.2, 0.25) is 0 Å². The molecule has 3 aromatic heterocycles. The number of H-pyrrole nitrogens is 1. The number of carbonyl (C=O) groups excluding carboxylic acids is 1. The van der Waals surface area contributed by atoms with E-state index in [0.29, 0.717) is 42.3 Å². The van der Waals surface area contributed by atoms with Crippen LogP contribution in [0.25, 0.3) is 22.1 Å². The maximum atomic E-state index is 12.8. The van der Waals surface area contributed by atoms with Crippen LogP contribution in [-0.4, -0.2) is 78.6 Å². The van der Waals surface area contributed by atoms with Crippen LogP contribution in [0.5, 0.6) is 11.5 Å². The van der Waals surface area contributed by atoms with Crippen molar-refractivity contribution in [2.75, 3.05) is 25.1 Å². The van der Waals surface area contributed by atoms with Crippen LogP contribution in [0.4, 0.5) is 5.82 Å². The van der Waals surface area contributed by atoms with Crippen molar-refractivity contribution in [3.8, 4) is 11.5 Å². The Morgan fingerprint density at radius 2 is 1.79 bits per heavy atom.